The maximum absolute atomic E-state index is 13.7. The molecule has 43 heavy (non-hydrogen) atoms. The highest BCUT2D eigenvalue weighted by molar-refractivity contribution is 7.88. The monoisotopic (exact) mass is 616 g/mol. The van der Waals surface area contributed by atoms with E-state index >= 15 is 0 Å². The van der Waals surface area contributed by atoms with Crippen molar-refractivity contribution in [3.05, 3.63) is 86.8 Å². The Morgan fingerprint density at radius 1 is 1.05 bits per heavy atom. The summed E-state index contributed by atoms with van der Waals surface area (Å²) in [6.07, 6.45) is 5.08. The number of halogens is 2. The van der Waals surface area contributed by atoms with Crippen LogP contribution in [0.3, 0.4) is 0 Å². The number of aliphatic imine (C=N–C) groups is 1. The third kappa shape index (κ3) is 7.27. The topological polar surface area (TPSA) is 122 Å². The van der Waals surface area contributed by atoms with Crippen molar-refractivity contribution in [2.45, 2.75) is 50.8 Å². The van der Waals surface area contributed by atoms with Crippen LogP contribution in [0.25, 0.3) is 0 Å². The molecule has 13 heteroatoms. The first-order valence-corrected chi connectivity index (χ1v) is 15.9. The molecule has 0 radical (unpaired) electrons. The van der Waals surface area contributed by atoms with Crippen molar-refractivity contribution in [1.29, 1.82) is 0 Å². The van der Waals surface area contributed by atoms with Crippen molar-refractivity contribution in [2.75, 3.05) is 32.8 Å². The van der Waals surface area contributed by atoms with E-state index in [2.05, 4.69) is 11.9 Å². The van der Waals surface area contributed by atoms with Gasteiger partial charge in [0.1, 0.15) is 23.4 Å². The van der Waals surface area contributed by atoms with E-state index in [1.807, 2.05) is 4.90 Å². The fourth-order valence-electron chi connectivity index (χ4n) is 5.42. The fourth-order valence-corrected chi connectivity index (χ4v) is 6.94. The van der Waals surface area contributed by atoms with Crippen molar-refractivity contribution in [3.63, 3.8) is 0 Å². The zero-order chi connectivity index (χ0) is 30.8. The van der Waals surface area contributed by atoms with Gasteiger partial charge in [-0.25, -0.2) is 17.2 Å². The fraction of sp³-hybridized carbons (Fsp3) is 0.467. The number of nitro groups is 1. The maximum Gasteiger partial charge on any atom is 0.269 e. The minimum Gasteiger partial charge on any atom is -0.487 e. The summed E-state index contributed by atoms with van der Waals surface area (Å²) < 4.78 is 61.1. The Morgan fingerprint density at radius 3 is 2.28 bits per heavy atom. The quantitative estimate of drug-likeness (QED) is 0.256. The maximum atomic E-state index is 13.7. The van der Waals surface area contributed by atoms with Crippen LogP contribution in [0.2, 0.25) is 0 Å². The molecule has 1 saturated carbocycles. The number of carbonyl (C=O) groups excluding carboxylic acids is 1. The average Bonchev–Trinajstić information content (AvgIpc) is 3.76. The van der Waals surface area contributed by atoms with Gasteiger partial charge in [-0.3, -0.25) is 19.9 Å². The number of dihydropyridines is 1. The zero-order valence-corrected chi connectivity index (χ0v) is 24.7. The molecule has 0 N–H and O–H groups in total. The van der Waals surface area contributed by atoms with E-state index in [-0.39, 0.29) is 54.3 Å². The van der Waals surface area contributed by atoms with Crippen molar-refractivity contribution in [3.8, 4) is 0 Å². The number of hydrogen-bond donors (Lipinski definition) is 0. The number of piperazine rings is 1. The lowest BCUT2D eigenvalue weighted by molar-refractivity contribution is -0.384. The first-order valence-electron chi connectivity index (χ1n) is 14.3. The minimum absolute atomic E-state index is 0.0478. The molecule has 0 aromatic heterocycles. The molecule has 230 valence electrons. The lowest BCUT2D eigenvalue weighted by atomic mass is 9.98. The Bertz CT molecular complexity index is 1530. The van der Waals surface area contributed by atoms with Gasteiger partial charge in [-0.15, -0.1) is 0 Å². The summed E-state index contributed by atoms with van der Waals surface area (Å²) in [5.74, 6) is -1.73. The van der Waals surface area contributed by atoms with Gasteiger partial charge in [-0.2, -0.15) is 4.31 Å². The summed E-state index contributed by atoms with van der Waals surface area (Å²) in [7, 11) is -3.69. The number of non-ortho nitro benzene ring substituents is 1. The molecule has 2 aliphatic heterocycles. The molecular formula is C30H34F2N4O6S. The lowest BCUT2D eigenvalue weighted by Crippen LogP contribution is -2.49. The van der Waals surface area contributed by atoms with Crippen molar-refractivity contribution < 1.29 is 31.7 Å². The highest BCUT2D eigenvalue weighted by Gasteiger charge is 2.43. The number of rotatable bonds is 12. The second-order valence-electron chi connectivity index (χ2n) is 11.4. The summed E-state index contributed by atoms with van der Waals surface area (Å²) in [4.78, 5) is 30.4. The van der Waals surface area contributed by atoms with Gasteiger partial charge in [0.15, 0.2) is 5.76 Å². The molecule has 2 aromatic carbocycles. The number of sulfonamides is 1. The molecule has 0 bridgehead atoms. The van der Waals surface area contributed by atoms with Gasteiger partial charge in [0.25, 0.3) is 5.69 Å². The van der Waals surface area contributed by atoms with Gasteiger partial charge in [0, 0.05) is 56.0 Å². The molecular weight excluding hydrogens is 582 g/mol. The van der Waals surface area contributed by atoms with Crippen molar-refractivity contribution in [2.24, 2.45) is 10.4 Å². The lowest BCUT2D eigenvalue weighted by Gasteiger charge is -2.37. The van der Waals surface area contributed by atoms with Gasteiger partial charge in [0.05, 0.1) is 17.3 Å². The van der Waals surface area contributed by atoms with Gasteiger partial charge < -0.3 is 9.64 Å². The Balaban J connectivity index is 1.27. The summed E-state index contributed by atoms with van der Waals surface area (Å²) >= 11 is 0. The Labute approximate surface area is 249 Å². The third-order valence-electron chi connectivity index (χ3n) is 8.46. The van der Waals surface area contributed by atoms with E-state index in [0.717, 1.165) is 25.3 Å². The molecule has 5 rings (SSSR count). The van der Waals surface area contributed by atoms with Crippen LogP contribution in [0.5, 0.6) is 0 Å². The van der Waals surface area contributed by atoms with Gasteiger partial charge in [-0.1, -0.05) is 19.1 Å². The highest BCUT2D eigenvalue weighted by atomic mass is 32.2. The number of ether oxygens (including phenoxy) is 1. The number of nitrogens with zero attached hydrogens (tertiary/aromatic N) is 4. The van der Waals surface area contributed by atoms with Crippen LogP contribution in [-0.2, 0) is 31.7 Å². The minimum atomic E-state index is -3.69. The van der Waals surface area contributed by atoms with Gasteiger partial charge >= 0.3 is 0 Å². The molecule has 2 heterocycles. The number of carbonyl (C=O) groups is 1. The van der Waals surface area contributed by atoms with Crippen LogP contribution < -0.4 is 0 Å². The summed E-state index contributed by atoms with van der Waals surface area (Å²) in [6, 6.07) is 7.97. The molecule has 0 spiro atoms. The van der Waals surface area contributed by atoms with Crippen LogP contribution in [-0.4, -0.2) is 73.4 Å². The molecule has 10 nitrogen and oxygen atoms in total. The number of nitro benzene ring substituents is 1. The summed E-state index contributed by atoms with van der Waals surface area (Å²) in [6.45, 7) is 3.48. The van der Waals surface area contributed by atoms with Gasteiger partial charge in [-0.05, 0) is 55.4 Å². The number of benzene rings is 2. The highest BCUT2D eigenvalue weighted by Crippen LogP contribution is 2.49. The predicted octanol–water partition coefficient (Wildman–Crippen LogP) is 4.39. The van der Waals surface area contributed by atoms with Crippen LogP contribution in [0, 0.1) is 27.2 Å². The molecule has 0 amide bonds. The SMILES string of the molecule is CCC1(COC2=C(N3CCN(S(=O)(=O)Cc4ccc([N+](=O)[O-])cc4)CC3)C=NC(CCc3cc(F)cc(F)c3)C2=O)CC1. The van der Waals surface area contributed by atoms with E-state index in [1.54, 1.807) is 6.21 Å². The van der Waals surface area contributed by atoms with Crippen LogP contribution in [0.1, 0.15) is 43.7 Å². The van der Waals surface area contributed by atoms with E-state index in [9.17, 15) is 32.1 Å². The largest absolute Gasteiger partial charge is 0.487 e. The molecule has 3 aliphatic rings. The third-order valence-corrected chi connectivity index (χ3v) is 10.3. The number of aryl methyl sites for hydroxylation is 1. The summed E-state index contributed by atoms with van der Waals surface area (Å²) in [5.41, 5.74) is 1.34. The number of allylic oxidation sites excluding steroid dienone is 1. The second kappa shape index (κ2) is 12.5. The smallest absolute Gasteiger partial charge is 0.269 e. The summed E-state index contributed by atoms with van der Waals surface area (Å²) in [5, 5.41) is 10.9. The number of Topliss-reactive ketones (excluding diaryl/α,β-unsaturated/α-hetero) is 1. The van der Waals surface area contributed by atoms with Crippen molar-refractivity contribution >= 4 is 27.7 Å². The molecule has 2 fully saturated rings. The van der Waals surface area contributed by atoms with Crippen LogP contribution >= 0.6 is 0 Å². The first-order chi connectivity index (χ1) is 20.5. The molecule has 1 saturated heterocycles. The standard InChI is InChI=1S/C30H34F2N4O6S/c1-2-30(9-10-30)20-42-29-27(18-33-26(28(29)37)8-5-22-15-23(31)17-24(32)16-22)34-11-13-35(14-12-34)43(40,41)19-21-3-6-25(7-4-21)36(38)39/h3-4,6-7,15-18,26H,2,5,8-14,19-20H2,1H3. The van der Waals surface area contributed by atoms with Gasteiger partial charge in [0.2, 0.25) is 15.8 Å². The molecule has 2 aromatic rings. The van der Waals surface area contributed by atoms with Crippen molar-refractivity contribution in [1.82, 2.24) is 9.21 Å². The molecule has 1 unspecified atom stereocenters. The second-order valence-corrected chi connectivity index (χ2v) is 13.4. The van der Waals surface area contributed by atoms with E-state index in [0.29, 0.717) is 36.5 Å². The van der Waals surface area contributed by atoms with E-state index < -0.39 is 32.6 Å². The Hall–Kier alpha value is -3.71. The predicted molar refractivity (Wildman–Crippen MR) is 156 cm³/mol. The number of ketones is 1. The number of hydrogen-bond acceptors (Lipinski definition) is 8. The van der Waals surface area contributed by atoms with Crippen LogP contribution in [0.4, 0.5) is 14.5 Å². The Kier molecular flexibility index (Phi) is 8.93. The zero-order valence-electron chi connectivity index (χ0n) is 23.9. The molecule has 1 aliphatic carbocycles. The van der Waals surface area contributed by atoms with E-state index in [1.165, 1.54) is 40.7 Å². The first kappa shape index (κ1) is 30.7. The van der Waals surface area contributed by atoms with Crippen LogP contribution in [0.15, 0.2) is 58.9 Å². The average molecular weight is 617 g/mol. The normalized spacial score (nSPS) is 20.4. The van der Waals surface area contributed by atoms with E-state index in [4.69, 9.17) is 4.74 Å². The Morgan fingerprint density at radius 2 is 1.70 bits per heavy atom. The molecule has 1 atom stereocenters.